The lowest BCUT2D eigenvalue weighted by Gasteiger charge is -2.36. The minimum Gasteiger partial charge on any atom is -0.396 e. The van der Waals surface area contributed by atoms with Gasteiger partial charge in [-0.3, -0.25) is 9.89 Å². The maximum atomic E-state index is 12.3. The number of carbonyl (C=O) groups is 1. The fraction of sp³-hybridized carbons (Fsp3) is 0.750. The second-order valence-electron chi connectivity index (χ2n) is 4.62. The summed E-state index contributed by atoms with van der Waals surface area (Å²) < 4.78 is 0. The van der Waals surface area contributed by atoms with E-state index in [1.165, 1.54) is 6.42 Å². The highest BCUT2D eigenvalue weighted by molar-refractivity contribution is 5.90. The van der Waals surface area contributed by atoms with Gasteiger partial charge in [0.2, 0.25) is 5.82 Å². The van der Waals surface area contributed by atoms with Gasteiger partial charge >= 0.3 is 0 Å². The van der Waals surface area contributed by atoms with Crippen LogP contribution in [0.1, 0.15) is 49.1 Å². The normalized spacial score (nSPS) is 15.4. The van der Waals surface area contributed by atoms with Crippen LogP contribution in [0.5, 0.6) is 0 Å². The van der Waals surface area contributed by atoms with E-state index in [-0.39, 0.29) is 18.3 Å². The van der Waals surface area contributed by atoms with Crippen LogP contribution in [0.15, 0.2) is 0 Å². The molecule has 1 aromatic rings. The summed E-state index contributed by atoms with van der Waals surface area (Å²) in [7, 11) is 0. The molecule has 6 heteroatoms. The fourth-order valence-corrected chi connectivity index (χ4v) is 2.07. The van der Waals surface area contributed by atoms with E-state index in [1.807, 2.05) is 11.8 Å². The number of aliphatic hydroxyl groups is 1. The topological polar surface area (TPSA) is 82.1 Å². The average Bonchev–Trinajstić information content (AvgIpc) is 2.79. The Balaban J connectivity index is 2.06. The van der Waals surface area contributed by atoms with Gasteiger partial charge in [0.25, 0.3) is 5.91 Å². The van der Waals surface area contributed by atoms with E-state index in [1.54, 1.807) is 0 Å². The molecule has 0 spiro atoms. The first-order valence-electron chi connectivity index (χ1n) is 6.59. The highest BCUT2D eigenvalue weighted by Crippen LogP contribution is 2.25. The number of carbonyl (C=O) groups excluding carboxylic acids is 1. The molecule has 1 aromatic heterocycles. The molecule has 2 rings (SSSR count). The maximum absolute atomic E-state index is 12.3. The zero-order valence-corrected chi connectivity index (χ0v) is 10.7. The van der Waals surface area contributed by atoms with Crippen LogP contribution in [0.2, 0.25) is 0 Å². The molecule has 0 saturated heterocycles. The highest BCUT2D eigenvalue weighted by atomic mass is 16.3. The molecule has 1 saturated carbocycles. The summed E-state index contributed by atoms with van der Waals surface area (Å²) in [6.07, 6.45) is 4.60. The van der Waals surface area contributed by atoms with Crippen molar-refractivity contribution >= 4 is 5.91 Å². The second-order valence-corrected chi connectivity index (χ2v) is 4.62. The lowest BCUT2D eigenvalue weighted by atomic mass is 9.91. The third kappa shape index (κ3) is 2.69. The predicted octanol–water partition coefficient (Wildman–Crippen LogP) is 0.744. The zero-order valence-electron chi connectivity index (χ0n) is 10.7. The molecular formula is C12H20N4O2. The standard InChI is InChI=1S/C12H20N4O2/c1-2-10-13-11(15-14-10)12(18)16(7-4-8-17)9-5-3-6-9/h9,17H,2-8H2,1H3,(H,13,14,15). The molecule has 0 radical (unpaired) electrons. The van der Waals surface area contributed by atoms with Crippen LogP contribution in [0.25, 0.3) is 0 Å². The van der Waals surface area contributed by atoms with E-state index >= 15 is 0 Å². The van der Waals surface area contributed by atoms with Gasteiger partial charge in [-0.15, -0.1) is 5.10 Å². The zero-order chi connectivity index (χ0) is 13.0. The molecule has 1 aliphatic rings. The number of nitrogens with zero attached hydrogens (tertiary/aromatic N) is 3. The van der Waals surface area contributed by atoms with E-state index in [2.05, 4.69) is 15.2 Å². The first-order chi connectivity index (χ1) is 8.76. The Hall–Kier alpha value is -1.43. The molecule has 1 fully saturated rings. The van der Waals surface area contributed by atoms with Gasteiger partial charge in [-0.1, -0.05) is 6.92 Å². The second kappa shape index (κ2) is 5.95. The number of H-pyrrole nitrogens is 1. The van der Waals surface area contributed by atoms with E-state index in [0.29, 0.717) is 19.0 Å². The summed E-state index contributed by atoms with van der Waals surface area (Å²) in [5.74, 6) is 0.856. The number of hydrogen-bond acceptors (Lipinski definition) is 4. The number of aromatic amines is 1. The molecule has 1 aliphatic carbocycles. The smallest absolute Gasteiger partial charge is 0.293 e. The van der Waals surface area contributed by atoms with Crippen molar-refractivity contribution in [3.63, 3.8) is 0 Å². The third-order valence-electron chi connectivity index (χ3n) is 3.39. The third-order valence-corrected chi connectivity index (χ3v) is 3.39. The summed E-state index contributed by atoms with van der Waals surface area (Å²) in [5, 5.41) is 15.6. The van der Waals surface area contributed by atoms with Crippen LogP contribution in [-0.4, -0.2) is 50.3 Å². The van der Waals surface area contributed by atoms with Gasteiger partial charge in [0.05, 0.1) is 0 Å². The number of amides is 1. The molecule has 100 valence electrons. The molecular weight excluding hydrogens is 232 g/mol. The van der Waals surface area contributed by atoms with Gasteiger partial charge in [0, 0.05) is 25.6 Å². The molecule has 1 amide bonds. The number of aliphatic hydroxyl groups excluding tert-OH is 1. The monoisotopic (exact) mass is 252 g/mol. The van der Waals surface area contributed by atoms with Gasteiger partial charge in [-0.25, -0.2) is 4.98 Å². The summed E-state index contributed by atoms with van der Waals surface area (Å²) in [6.45, 7) is 2.64. The lowest BCUT2D eigenvalue weighted by Crippen LogP contribution is -2.45. The van der Waals surface area contributed by atoms with Crippen LogP contribution < -0.4 is 0 Å². The van der Waals surface area contributed by atoms with Gasteiger partial charge in [0.1, 0.15) is 5.82 Å². The van der Waals surface area contributed by atoms with Crippen LogP contribution in [0.4, 0.5) is 0 Å². The Morgan fingerprint density at radius 1 is 1.56 bits per heavy atom. The molecule has 1 heterocycles. The predicted molar refractivity (Wildman–Crippen MR) is 66.1 cm³/mol. The molecule has 0 aliphatic heterocycles. The van der Waals surface area contributed by atoms with Crippen LogP contribution in [0, 0.1) is 0 Å². The Kier molecular flexibility index (Phi) is 4.30. The Bertz CT molecular complexity index is 401. The molecule has 0 atom stereocenters. The Morgan fingerprint density at radius 2 is 2.33 bits per heavy atom. The van der Waals surface area contributed by atoms with Crippen molar-refractivity contribution in [2.75, 3.05) is 13.2 Å². The summed E-state index contributed by atoms with van der Waals surface area (Å²) in [5.41, 5.74) is 0. The first kappa shape index (κ1) is 13.0. The van der Waals surface area contributed by atoms with Crippen molar-refractivity contribution in [2.24, 2.45) is 0 Å². The van der Waals surface area contributed by atoms with Crippen molar-refractivity contribution in [3.8, 4) is 0 Å². The van der Waals surface area contributed by atoms with Crippen molar-refractivity contribution in [1.82, 2.24) is 20.1 Å². The molecule has 0 aromatic carbocycles. The lowest BCUT2D eigenvalue weighted by molar-refractivity contribution is 0.0550. The molecule has 2 N–H and O–H groups in total. The van der Waals surface area contributed by atoms with Gasteiger partial charge in [-0.2, -0.15) is 0 Å². The van der Waals surface area contributed by atoms with E-state index < -0.39 is 0 Å². The first-order valence-corrected chi connectivity index (χ1v) is 6.59. The minimum absolute atomic E-state index is 0.102. The number of aryl methyl sites for hydroxylation is 1. The van der Waals surface area contributed by atoms with Crippen molar-refractivity contribution in [2.45, 2.75) is 45.1 Å². The van der Waals surface area contributed by atoms with E-state index in [0.717, 1.165) is 25.1 Å². The quantitative estimate of drug-likeness (QED) is 0.782. The van der Waals surface area contributed by atoms with Gasteiger partial charge < -0.3 is 10.0 Å². The van der Waals surface area contributed by atoms with E-state index in [9.17, 15) is 4.79 Å². The van der Waals surface area contributed by atoms with Crippen LogP contribution >= 0.6 is 0 Å². The average molecular weight is 252 g/mol. The highest BCUT2D eigenvalue weighted by Gasteiger charge is 2.30. The minimum atomic E-state index is -0.121. The SMILES string of the molecule is CCc1nc(C(=O)N(CCCO)C2CCC2)n[nH]1. The Morgan fingerprint density at radius 3 is 2.83 bits per heavy atom. The molecule has 6 nitrogen and oxygen atoms in total. The van der Waals surface area contributed by atoms with Gasteiger partial charge in [0.15, 0.2) is 0 Å². The van der Waals surface area contributed by atoms with E-state index in [4.69, 9.17) is 5.11 Å². The fourth-order valence-electron chi connectivity index (χ4n) is 2.07. The number of hydrogen-bond donors (Lipinski definition) is 2. The van der Waals surface area contributed by atoms with Crippen LogP contribution in [-0.2, 0) is 6.42 Å². The number of nitrogens with one attached hydrogen (secondary N) is 1. The number of rotatable bonds is 6. The molecule has 18 heavy (non-hydrogen) atoms. The van der Waals surface area contributed by atoms with Crippen molar-refractivity contribution < 1.29 is 9.90 Å². The van der Waals surface area contributed by atoms with Gasteiger partial charge in [-0.05, 0) is 25.7 Å². The number of aromatic nitrogens is 3. The summed E-state index contributed by atoms with van der Waals surface area (Å²) in [4.78, 5) is 18.3. The largest absolute Gasteiger partial charge is 0.396 e. The summed E-state index contributed by atoms with van der Waals surface area (Å²) >= 11 is 0. The maximum Gasteiger partial charge on any atom is 0.293 e. The van der Waals surface area contributed by atoms with Crippen LogP contribution in [0.3, 0.4) is 0 Å². The molecule has 0 unspecified atom stereocenters. The summed E-state index contributed by atoms with van der Waals surface area (Å²) in [6, 6.07) is 0.299. The molecule has 0 bridgehead atoms. The Labute approximate surface area is 106 Å². The van der Waals surface area contributed by atoms with Crippen molar-refractivity contribution in [1.29, 1.82) is 0 Å². The van der Waals surface area contributed by atoms with Crippen molar-refractivity contribution in [3.05, 3.63) is 11.6 Å².